The van der Waals surface area contributed by atoms with Gasteiger partial charge < -0.3 is 10.2 Å². The van der Waals surface area contributed by atoms with E-state index in [-0.39, 0.29) is 0 Å². The minimum absolute atomic E-state index is 0.321. The van der Waals surface area contributed by atoms with Gasteiger partial charge in [0.1, 0.15) is 5.78 Å². The molecule has 0 saturated carbocycles. The quantitative estimate of drug-likeness (QED) is 0.719. The number of hydrogen-bond acceptors (Lipinski definition) is 3. The largest absolute Gasteiger partial charge is 0.310 e. The predicted octanol–water partition coefficient (Wildman–Crippen LogP) is 1.04. The molecule has 1 N–H and O–H groups in total. The second-order valence-corrected chi connectivity index (χ2v) is 5.91. The molecule has 3 nitrogen and oxygen atoms in total. The van der Waals surface area contributed by atoms with Crippen LogP contribution < -0.4 is 5.32 Å². The Bertz CT molecular complexity index is 292. The van der Waals surface area contributed by atoms with Gasteiger partial charge in [-0.2, -0.15) is 0 Å². The molecule has 3 rings (SSSR count). The van der Waals surface area contributed by atoms with Crippen molar-refractivity contribution >= 4 is 5.78 Å². The molecule has 0 aromatic carbocycles. The van der Waals surface area contributed by atoms with Gasteiger partial charge in [0.05, 0.1) is 0 Å². The normalized spacial score (nSPS) is 44.9. The lowest BCUT2D eigenvalue weighted by molar-refractivity contribution is -0.128. The number of hydrogen-bond donors (Lipinski definition) is 1. The molecule has 4 atom stereocenters. The third-order valence-electron chi connectivity index (χ3n) is 4.70. The van der Waals surface area contributed by atoms with Crippen molar-refractivity contribution < 1.29 is 4.79 Å². The van der Waals surface area contributed by atoms with Gasteiger partial charge in [0, 0.05) is 31.0 Å². The highest BCUT2D eigenvalue weighted by Crippen LogP contribution is 2.36. The molecular formula is C13H22N2O. The Morgan fingerprint density at radius 3 is 3.00 bits per heavy atom. The van der Waals surface area contributed by atoms with E-state index in [0.717, 1.165) is 13.0 Å². The maximum Gasteiger partial charge on any atom is 0.139 e. The number of piperidine rings is 2. The molecule has 3 fully saturated rings. The number of carbonyl (C=O) groups excluding carboxylic acids is 1. The monoisotopic (exact) mass is 222 g/mol. The van der Waals surface area contributed by atoms with Crippen LogP contribution in [0.3, 0.4) is 0 Å². The number of rotatable bonds is 1. The molecule has 0 aliphatic carbocycles. The van der Waals surface area contributed by atoms with Crippen LogP contribution in [0.25, 0.3) is 0 Å². The molecule has 0 aromatic rings. The molecule has 2 bridgehead atoms. The fraction of sp³-hybridized carbons (Fsp3) is 0.923. The second-order valence-electron chi connectivity index (χ2n) is 5.91. The number of fused-ring (bicyclic) bond motifs is 2. The van der Waals surface area contributed by atoms with Crippen LogP contribution in [-0.4, -0.2) is 42.9 Å². The van der Waals surface area contributed by atoms with Gasteiger partial charge in [-0.3, -0.25) is 4.79 Å². The molecule has 0 spiro atoms. The number of nitrogens with zero attached hydrogens (tertiary/aromatic N) is 1. The van der Waals surface area contributed by atoms with E-state index in [1.54, 1.807) is 0 Å². The highest BCUT2D eigenvalue weighted by atomic mass is 16.1. The average Bonchev–Trinajstić information content (AvgIpc) is 2.61. The Kier molecular flexibility index (Phi) is 2.76. The van der Waals surface area contributed by atoms with Gasteiger partial charge in [-0.15, -0.1) is 0 Å². The van der Waals surface area contributed by atoms with E-state index >= 15 is 0 Å². The van der Waals surface area contributed by atoms with Crippen molar-refractivity contribution in [1.29, 1.82) is 0 Å². The van der Waals surface area contributed by atoms with Crippen molar-refractivity contribution in [3.8, 4) is 0 Å². The molecule has 3 aliphatic rings. The first kappa shape index (κ1) is 10.7. The summed E-state index contributed by atoms with van der Waals surface area (Å²) < 4.78 is 0. The predicted molar refractivity (Wildman–Crippen MR) is 63.3 cm³/mol. The summed E-state index contributed by atoms with van der Waals surface area (Å²) in [6.07, 6.45) is 5.75. The van der Waals surface area contributed by atoms with Crippen LogP contribution in [0.2, 0.25) is 0 Å². The number of Topliss-reactive ketones (excluding diaryl/α,β-unsaturated/α-hetero) is 1. The topological polar surface area (TPSA) is 32.3 Å². The highest BCUT2D eigenvalue weighted by molar-refractivity contribution is 5.84. The van der Waals surface area contributed by atoms with E-state index in [1.165, 1.54) is 32.2 Å². The molecule has 0 aromatic heterocycles. The van der Waals surface area contributed by atoms with Crippen LogP contribution in [0.5, 0.6) is 0 Å². The van der Waals surface area contributed by atoms with Gasteiger partial charge in [-0.05, 0) is 45.2 Å². The zero-order valence-electron chi connectivity index (χ0n) is 10.1. The SMILES string of the molecule is CN1CCCC(C2C(=O)CC3CCC2N3)C1. The Morgan fingerprint density at radius 2 is 2.19 bits per heavy atom. The van der Waals surface area contributed by atoms with Crippen LogP contribution in [0.15, 0.2) is 0 Å². The second kappa shape index (κ2) is 4.11. The Labute approximate surface area is 97.6 Å². The summed E-state index contributed by atoms with van der Waals surface area (Å²) >= 11 is 0. The summed E-state index contributed by atoms with van der Waals surface area (Å²) in [4.78, 5) is 14.6. The smallest absolute Gasteiger partial charge is 0.139 e. The molecule has 3 saturated heterocycles. The first-order valence-corrected chi connectivity index (χ1v) is 6.71. The van der Waals surface area contributed by atoms with Gasteiger partial charge in [-0.25, -0.2) is 0 Å². The van der Waals surface area contributed by atoms with Gasteiger partial charge in [-0.1, -0.05) is 0 Å². The summed E-state index contributed by atoms with van der Waals surface area (Å²) in [5.41, 5.74) is 0. The number of carbonyl (C=O) groups is 1. The Balaban J connectivity index is 1.74. The van der Waals surface area contributed by atoms with Gasteiger partial charge in [0.25, 0.3) is 0 Å². The highest BCUT2D eigenvalue weighted by Gasteiger charge is 2.44. The van der Waals surface area contributed by atoms with E-state index in [9.17, 15) is 4.79 Å². The maximum atomic E-state index is 12.2. The van der Waals surface area contributed by atoms with Crippen molar-refractivity contribution in [1.82, 2.24) is 10.2 Å². The molecule has 16 heavy (non-hydrogen) atoms. The molecule has 3 heteroatoms. The Hall–Kier alpha value is -0.410. The van der Waals surface area contributed by atoms with E-state index in [1.807, 2.05) is 0 Å². The molecule has 0 radical (unpaired) electrons. The van der Waals surface area contributed by atoms with Crippen LogP contribution >= 0.6 is 0 Å². The lowest BCUT2D eigenvalue weighted by Crippen LogP contribution is -2.51. The third-order valence-corrected chi connectivity index (χ3v) is 4.70. The van der Waals surface area contributed by atoms with E-state index in [2.05, 4.69) is 17.3 Å². The average molecular weight is 222 g/mol. The van der Waals surface area contributed by atoms with Crippen LogP contribution in [0.1, 0.15) is 32.1 Å². The van der Waals surface area contributed by atoms with E-state index in [4.69, 9.17) is 0 Å². The first-order valence-electron chi connectivity index (χ1n) is 6.71. The van der Waals surface area contributed by atoms with Crippen molar-refractivity contribution in [2.75, 3.05) is 20.1 Å². The van der Waals surface area contributed by atoms with Crippen molar-refractivity contribution in [2.24, 2.45) is 11.8 Å². The molecular weight excluding hydrogens is 200 g/mol. The summed E-state index contributed by atoms with van der Waals surface area (Å²) in [6.45, 7) is 2.33. The van der Waals surface area contributed by atoms with Crippen molar-refractivity contribution in [3.63, 3.8) is 0 Å². The zero-order valence-corrected chi connectivity index (χ0v) is 10.1. The maximum absolute atomic E-state index is 12.2. The van der Waals surface area contributed by atoms with Gasteiger partial charge in [0.15, 0.2) is 0 Å². The van der Waals surface area contributed by atoms with Gasteiger partial charge >= 0.3 is 0 Å². The van der Waals surface area contributed by atoms with Crippen molar-refractivity contribution in [2.45, 2.75) is 44.2 Å². The van der Waals surface area contributed by atoms with Crippen molar-refractivity contribution in [3.05, 3.63) is 0 Å². The lowest BCUT2D eigenvalue weighted by Gasteiger charge is -2.39. The standard InChI is InChI=1S/C13H22N2O/c1-15-6-2-3-9(8-15)13-11-5-4-10(14-11)7-12(13)16/h9-11,13-14H,2-8H2,1H3. The molecule has 0 amide bonds. The van der Waals surface area contributed by atoms with Gasteiger partial charge in [0.2, 0.25) is 0 Å². The minimum atomic E-state index is 0.321. The molecule has 4 unspecified atom stereocenters. The number of likely N-dealkylation sites (tertiary alicyclic amines) is 1. The number of ketones is 1. The van der Waals surface area contributed by atoms with Crippen LogP contribution in [0.4, 0.5) is 0 Å². The first-order chi connectivity index (χ1) is 7.74. The van der Waals surface area contributed by atoms with Crippen LogP contribution in [-0.2, 0) is 4.79 Å². The summed E-state index contributed by atoms with van der Waals surface area (Å²) in [6, 6.07) is 1.01. The summed E-state index contributed by atoms with van der Waals surface area (Å²) in [5, 5.41) is 3.64. The van der Waals surface area contributed by atoms with E-state index in [0.29, 0.717) is 29.7 Å². The molecule has 90 valence electrons. The number of nitrogens with one attached hydrogen (secondary N) is 1. The van der Waals surface area contributed by atoms with Crippen LogP contribution in [0, 0.1) is 11.8 Å². The minimum Gasteiger partial charge on any atom is -0.310 e. The fourth-order valence-electron chi connectivity index (χ4n) is 3.99. The molecule has 3 heterocycles. The zero-order chi connectivity index (χ0) is 11.1. The molecule has 3 aliphatic heterocycles. The fourth-order valence-corrected chi connectivity index (χ4v) is 3.99. The lowest BCUT2D eigenvalue weighted by atomic mass is 9.76. The third kappa shape index (κ3) is 1.80. The van der Waals surface area contributed by atoms with E-state index < -0.39 is 0 Å². The summed E-state index contributed by atoms with van der Waals surface area (Å²) in [5.74, 6) is 1.48. The summed E-state index contributed by atoms with van der Waals surface area (Å²) in [7, 11) is 2.18. The Morgan fingerprint density at radius 1 is 1.31 bits per heavy atom.